The van der Waals surface area contributed by atoms with Crippen LogP contribution in [0.25, 0.3) is 5.69 Å². The topological polar surface area (TPSA) is 79.3 Å². The van der Waals surface area contributed by atoms with Gasteiger partial charge in [0.25, 0.3) is 0 Å². The minimum Gasteiger partial charge on any atom is -0.346 e. The molecular formula is C18H23N5O2. The number of rotatable bonds is 6. The molecule has 1 aromatic heterocycles. The van der Waals surface area contributed by atoms with Crippen molar-refractivity contribution in [3.05, 3.63) is 42.7 Å². The number of carbonyl (C=O) groups is 2. The Hall–Kier alpha value is -2.67. The van der Waals surface area contributed by atoms with E-state index in [1.807, 2.05) is 19.1 Å². The van der Waals surface area contributed by atoms with E-state index >= 15 is 0 Å². The molecule has 2 amide bonds. The zero-order valence-electron chi connectivity index (χ0n) is 14.5. The highest BCUT2D eigenvalue weighted by Gasteiger charge is 2.29. The Labute approximate surface area is 147 Å². The summed E-state index contributed by atoms with van der Waals surface area (Å²) in [6.07, 6.45) is 5.85. The van der Waals surface area contributed by atoms with Gasteiger partial charge in [0.1, 0.15) is 0 Å². The van der Waals surface area contributed by atoms with Gasteiger partial charge in [0.05, 0.1) is 11.4 Å². The van der Waals surface area contributed by atoms with Crippen molar-refractivity contribution in [3.63, 3.8) is 0 Å². The van der Waals surface area contributed by atoms with E-state index in [1.54, 1.807) is 35.3 Å². The maximum Gasteiger partial charge on any atom is 0.313 e. The van der Waals surface area contributed by atoms with Crippen LogP contribution in [-0.4, -0.2) is 52.2 Å². The number of benzene rings is 1. The van der Waals surface area contributed by atoms with Crippen molar-refractivity contribution in [2.45, 2.75) is 31.8 Å². The fourth-order valence-electron chi connectivity index (χ4n) is 2.68. The van der Waals surface area contributed by atoms with Crippen LogP contribution in [0, 0.1) is 0 Å². The molecule has 0 bridgehead atoms. The minimum atomic E-state index is -0.680. The summed E-state index contributed by atoms with van der Waals surface area (Å²) in [5.41, 5.74) is 1.24. The molecule has 0 saturated heterocycles. The van der Waals surface area contributed by atoms with E-state index in [0.717, 1.165) is 0 Å². The fraction of sp³-hybridized carbons (Fsp3) is 0.389. The summed E-state index contributed by atoms with van der Waals surface area (Å²) in [5, 5.41) is 9.53. The summed E-state index contributed by atoms with van der Waals surface area (Å²) in [4.78, 5) is 26.5. The molecule has 7 heteroatoms. The number of anilines is 1. The van der Waals surface area contributed by atoms with Crippen molar-refractivity contribution in [2.75, 3.05) is 18.9 Å². The lowest BCUT2D eigenvalue weighted by Crippen LogP contribution is -2.44. The predicted molar refractivity (Wildman–Crippen MR) is 95.5 cm³/mol. The summed E-state index contributed by atoms with van der Waals surface area (Å²) in [6.45, 7) is 2.49. The van der Waals surface area contributed by atoms with Gasteiger partial charge >= 0.3 is 11.8 Å². The Morgan fingerprint density at radius 3 is 2.72 bits per heavy atom. The molecule has 132 valence electrons. The second-order valence-electron chi connectivity index (χ2n) is 6.38. The first-order valence-electron chi connectivity index (χ1n) is 8.46. The lowest BCUT2D eigenvalue weighted by atomic mass is 10.2. The highest BCUT2D eigenvalue weighted by atomic mass is 16.2. The maximum absolute atomic E-state index is 12.2. The van der Waals surface area contributed by atoms with Crippen LogP contribution in [0.1, 0.15) is 19.8 Å². The number of hydrogen-bond acceptors (Lipinski definition) is 4. The molecule has 7 nitrogen and oxygen atoms in total. The normalized spacial score (nSPS) is 15.0. The third-order valence-electron chi connectivity index (χ3n) is 4.49. The SMILES string of the molecule is C[C@@H](CNC(=O)C(=O)Nc1ccccc1-n1cccn1)N(C)C1CC1. The van der Waals surface area contributed by atoms with Crippen LogP contribution >= 0.6 is 0 Å². The molecule has 1 fully saturated rings. The van der Waals surface area contributed by atoms with Gasteiger partial charge in [0.15, 0.2) is 0 Å². The smallest absolute Gasteiger partial charge is 0.313 e. The summed E-state index contributed by atoms with van der Waals surface area (Å²) >= 11 is 0. The molecule has 0 unspecified atom stereocenters. The van der Waals surface area contributed by atoms with Crippen molar-refractivity contribution >= 4 is 17.5 Å². The molecule has 1 aromatic carbocycles. The number of para-hydroxylation sites is 2. The third-order valence-corrected chi connectivity index (χ3v) is 4.49. The van der Waals surface area contributed by atoms with E-state index < -0.39 is 11.8 Å². The highest BCUT2D eigenvalue weighted by Crippen LogP contribution is 2.26. The van der Waals surface area contributed by atoms with Crippen LogP contribution in [-0.2, 0) is 9.59 Å². The monoisotopic (exact) mass is 341 g/mol. The van der Waals surface area contributed by atoms with Crippen molar-refractivity contribution in [1.29, 1.82) is 0 Å². The molecule has 1 aliphatic rings. The van der Waals surface area contributed by atoms with Gasteiger partial charge in [-0.1, -0.05) is 12.1 Å². The molecule has 0 spiro atoms. The minimum absolute atomic E-state index is 0.195. The standard InChI is InChI=1S/C18H23N5O2/c1-13(22(2)14-8-9-14)12-19-17(24)18(25)21-15-6-3-4-7-16(15)23-11-5-10-20-23/h3-7,10-11,13-14H,8-9,12H2,1-2H3,(H,19,24)(H,21,25)/t13-/m0/s1. The van der Waals surface area contributed by atoms with E-state index in [4.69, 9.17) is 0 Å². The molecule has 1 aliphatic carbocycles. The van der Waals surface area contributed by atoms with Gasteiger partial charge in [-0.25, -0.2) is 4.68 Å². The molecule has 1 saturated carbocycles. The average Bonchev–Trinajstić information content (AvgIpc) is 3.33. The Kier molecular flexibility index (Phi) is 5.14. The largest absolute Gasteiger partial charge is 0.346 e. The zero-order valence-corrected chi connectivity index (χ0v) is 14.5. The zero-order chi connectivity index (χ0) is 17.8. The number of aromatic nitrogens is 2. The molecule has 0 aliphatic heterocycles. The molecule has 0 radical (unpaired) electrons. The molecule has 1 heterocycles. The average molecular weight is 341 g/mol. The molecule has 25 heavy (non-hydrogen) atoms. The lowest BCUT2D eigenvalue weighted by molar-refractivity contribution is -0.136. The van der Waals surface area contributed by atoms with Crippen LogP contribution < -0.4 is 10.6 Å². The second-order valence-corrected chi connectivity index (χ2v) is 6.38. The first-order valence-corrected chi connectivity index (χ1v) is 8.46. The highest BCUT2D eigenvalue weighted by molar-refractivity contribution is 6.39. The summed E-state index contributed by atoms with van der Waals surface area (Å²) in [5.74, 6) is -1.31. The molecule has 2 N–H and O–H groups in total. The Balaban J connectivity index is 1.58. The van der Waals surface area contributed by atoms with Gasteiger partial charge in [0, 0.05) is 31.0 Å². The van der Waals surface area contributed by atoms with Crippen LogP contribution in [0.5, 0.6) is 0 Å². The van der Waals surface area contributed by atoms with Crippen LogP contribution in [0.2, 0.25) is 0 Å². The molecular weight excluding hydrogens is 318 g/mol. The van der Waals surface area contributed by atoms with E-state index in [-0.39, 0.29) is 6.04 Å². The van der Waals surface area contributed by atoms with Crippen molar-refractivity contribution in [3.8, 4) is 5.69 Å². The fourth-order valence-corrected chi connectivity index (χ4v) is 2.68. The number of carbonyl (C=O) groups excluding carboxylic acids is 2. The van der Waals surface area contributed by atoms with Crippen molar-refractivity contribution in [1.82, 2.24) is 20.0 Å². The Bertz CT molecular complexity index is 740. The predicted octanol–water partition coefficient (Wildman–Crippen LogP) is 1.41. The Morgan fingerprint density at radius 1 is 1.28 bits per heavy atom. The summed E-state index contributed by atoms with van der Waals surface area (Å²) in [6, 6.07) is 9.82. The third kappa shape index (κ3) is 4.24. The number of amides is 2. The van der Waals surface area contributed by atoms with Gasteiger partial charge < -0.3 is 10.6 Å². The van der Waals surface area contributed by atoms with Crippen LogP contribution in [0.4, 0.5) is 5.69 Å². The summed E-state index contributed by atoms with van der Waals surface area (Å²) in [7, 11) is 2.05. The first kappa shape index (κ1) is 17.2. The maximum atomic E-state index is 12.2. The summed E-state index contributed by atoms with van der Waals surface area (Å²) < 4.78 is 1.64. The molecule has 1 atom stereocenters. The van der Waals surface area contributed by atoms with Gasteiger partial charge in [-0.15, -0.1) is 0 Å². The van der Waals surface area contributed by atoms with Crippen molar-refractivity contribution in [2.24, 2.45) is 0 Å². The van der Waals surface area contributed by atoms with Crippen LogP contribution in [0.15, 0.2) is 42.7 Å². The quantitative estimate of drug-likeness (QED) is 0.779. The first-order chi connectivity index (χ1) is 12.1. The number of hydrogen-bond donors (Lipinski definition) is 2. The Morgan fingerprint density at radius 2 is 2.04 bits per heavy atom. The van der Waals surface area contributed by atoms with E-state index in [0.29, 0.717) is 24.0 Å². The van der Waals surface area contributed by atoms with Gasteiger partial charge in [-0.05, 0) is 45.0 Å². The van der Waals surface area contributed by atoms with E-state index in [9.17, 15) is 9.59 Å². The van der Waals surface area contributed by atoms with Crippen LogP contribution in [0.3, 0.4) is 0 Å². The van der Waals surface area contributed by atoms with Gasteiger partial charge in [-0.3, -0.25) is 14.5 Å². The lowest BCUT2D eigenvalue weighted by Gasteiger charge is -2.24. The van der Waals surface area contributed by atoms with Gasteiger partial charge in [-0.2, -0.15) is 5.10 Å². The number of likely N-dealkylation sites (N-methyl/N-ethyl adjacent to an activating group) is 1. The van der Waals surface area contributed by atoms with E-state index in [2.05, 4.69) is 27.7 Å². The molecule has 2 aromatic rings. The number of nitrogens with one attached hydrogen (secondary N) is 2. The van der Waals surface area contributed by atoms with Crippen molar-refractivity contribution < 1.29 is 9.59 Å². The molecule has 3 rings (SSSR count). The number of nitrogens with zero attached hydrogens (tertiary/aromatic N) is 3. The second kappa shape index (κ2) is 7.48. The van der Waals surface area contributed by atoms with E-state index in [1.165, 1.54) is 12.8 Å². The van der Waals surface area contributed by atoms with Gasteiger partial charge in [0.2, 0.25) is 0 Å².